The third-order valence-corrected chi connectivity index (χ3v) is 3.63. The molecule has 0 spiro atoms. The molecule has 0 unspecified atom stereocenters. The van der Waals surface area contributed by atoms with Crippen molar-refractivity contribution in [2.45, 2.75) is 32.7 Å². The lowest BCUT2D eigenvalue weighted by Crippen LogP contribution is -2.26. The third-order valence-electron chi connectivity index (χ3n) is 3.63. The molecule has 3 heteroatoms. The summed E-state index contributed by atoms with van der Waals surface area (Å²) in [5.41, 5.74) is 1.22. The molecule has 0 heterocycles. The number of hydrogen-bond acceptors (Lipinski definition) is 3. The quantitative estimate of drug-likeness (QED) is 0.718. The fraction of sp³-hybridized carbons (Fsp3) is 0.625. The summed E-state index contributed by atoms with van der Waals surface area (Å²) < 4.78 is 10.8. The fourth-order valence-electron chi connectivity index (χ4n) is 2.46. The summed E-state index contributed by atoms with van der Waals surface area (Å²) in [6, 6.07) is 6.04. The summed E-state index contributed by atoms with van der Waals surface area (Å²) in [5.74, 6) is 2.78. The second kappa shape index (κ2) is 6.80. The van der Waals surface area contributed by atoms with Crippen LogP contribution in [0.3, 0.4) is 0 Å². The standard InChI is InChI=1S/C16H25NO2/c1-4-9-17(11-13-5-6-13)12-14-10-15(18-2)7-8-16(14)19-3/h7-8,10,13H,4-6,9,11-12H2,1-3H3. The van der Waals surface area contributed by atoms with Crippen LogP contribution in [0.1, 0.15) is 31.7 Å². The van der Waals surface area contributed by atoms with Crippen LogP contribution in [0.5, 0.6) is 11.5 Å². The second-order valence-electron chi connectivity index (χ2n) is 5.36. The van der Waals surface area contributed by atoms with E-state index in [0.29, 0.717) is 0 Å². The zero-order chi connectivity index (χ0) is 13.7. The van der Waals surface area contributed by atoms with Gasteiger partial charge in [-0.1, -0.05) is 6.92 Å². The molecular weight excluding hydrogens is 238 g/mol. The van der Waals surface area contributed by atoms with Gasteiger partial charge in [-0.05, 0) is 49.9 Å². The van der Waals surface area contributed by atoms with Crippen LogP contribution in [0.15, 0.2) is 18.2 Å². The average molecular weight is 263 g/mol. The average Bonchev–Trinajstić information content (AvgIpc) is 3.23. The van der Waals surface area contributed by atoms with E-state index in [1.165, 1.54) is 31.4 Å². The van der Waals surface area contributed by atoms with Crippen molar-refractivity contribution in [2.75, 3.05) is 27.3 Å². The first-order valence-corrected chi connectivity index (χ1v) is 7.20. The van der Waals surface area contributed by atoms with E-state index in [0.717, 1.165) is 30.5 Å². The monoisotopic (exact) mass is 263 g/mol. The molecule has 1 aliphatic rings. The Balaban J connectivity index is 2.08. The van der Waals surface area contributed by atoms with Crippen LogP contribution in [0.4, 0.5) is 0 Å². The predicted octanol–water partition coefficient (Wildman–Crippen LogP) is 3.33. The lowest BCUT2D eigenvalue weighted by Gasteiger charge is -2.23. The Morgan fingerprint density at radius 2 is 2.00 bits per heavy atom. The minimum Gasteiger partial charge on any atom is -0.497 e. The number of nitrogens with zero attached hydrogens (tertiary/aromatic N) is 1. The van der Waals surface area contributed by atoms with E-state index in [1.54, 1.807) is 14.2 Å². The second-order valence-corrected chi connectivity index (χ2v) is 5.36. The molecule has 1 saturated carbocycles. The zero-order valence-electron chi connectivity index (χ0n) is 12.3. The topological polar surface area (TPSA) is 21.7 Å². The minimum atomic E-state index is 0.902. The van der Waals surface area contributed by atoms with E-state index in [4.69, 9.17) is 9.47 Å². The van der Waals surface area contributed by atoms with Gasteiger partial charge in [-0.15, -0.1) is 0 Å². The van der Waals surface area contributed by atoms with Gasteiger partial charge in [0.1, 0.15) is 11.5 Å². The van der Waals surface area contributed by atoms with E-state index in [1.807, 2.05) is 12.1 Å². The van der Waals surface area contributed by atoms with Crippen molar-refractivity contribution >= 4 is 0 Å². The molecule has 1 aromatic carbocycles. The first-order valence-electron chi connectivity index (χ1n) is 7.20. The highest BCUT2D eigenvalue weighted by molar-refractivity contribution is 5.40. The summed E-state index contributed by atoms with van der Waals surface area (Å²) in [6.45, 7) is 5.55. The Bertz CT molecular complexity index is 402. The van der Waals surface area contributed by atoms with E-state index in [-0.39, 0.29) is 0 Å². The third kappa shape index (κ3) is 4.13. The van der Waals surface area contributed by atoms with Crippen molar-refractivity contribution in [2.24, 2.45) is 5.92 Å². The van der Waals surface area contributed by atoms with Gasteiger partial charge in [0.15, 0.2) is 0 Å². The molecule has 0 saturated heterocycles. The largest absolute Gasteiger partial charge is 0.497 e. The first kappa shape index (κ1) is 14.2. The van der Waals surface area contributed by atoms with Gasteiger partial charge in [0.05, 0.1) is 14.2 Å². The number of ether oxygens (including phenoxy) is 2. The van der Waals surface area contributed by atoms with Crippen LogP contribution in [0, 0.1) is 5.92 Å². The smallest absolute Gasteiger partial charge is 0.123 e. The van der Waals surface area contributed by atoms with Crippen molar-refractivity contribution in [3.8, 4) is 11.5 Å². The Morgan fingerprint density at radius 1 is 1.21 bits per heavy atom. The molecular formula is C16H25NO2. The van der Waals surface area contributed by atoms with Gasteiger partial charge < -0.3 is 9.47 Å². The zero-order valence-corrected chi connectivity index (χ0v) is 12.3. The van der Waals surface area contributed by atoms with Gasteiger partial charge in [0.2, 0.25) is 0 Å². The maximum atomic E-state index is 5.46. The van der Waals surface area contributed by atoms with Crippen LogP contribution < -0.4 is 9.47 Å². The maximum Gasteiger partial charge on any atom is 0.123 e. The molecule has 0 aromatic heterocycles. The molecule has 0 radical (unpaired) electrons. The van der Waals surface area contributed by atoms with E-state index in [2.05, 4.69) is 17.9 Å². The van der Waals surface area contributed by atoms with Crippen LogP contribution in [-0.2, 0) is 6.54 Å². The SMILES string of the molecule is CCCN(Cc1cc(OC)ccc1OC)CC1CC1. The molecule has 19 heavy (non-hydrogen) atoms. The highest BCUT2D eigenvalue weighted by Crippen LogP contribution is 2.31. The Kier molecular flexibility index (Phi) is 5.08. The first-order chi connectivity index (χ1) is 9.26. The molecule has 1 fully saturated rings. The van der Waals surface area contributed by atoms with Gasteiger partial charge in [-0.3, -0.25) is 4.90 Å². The molecule has 0 amide bonds. The molecule has 0 N–H and O–H groups in total. The van der Waals surface area contributed by atoms with Crippen molar-refractivity contribution in [1.29, 1.82) is 0 Å². The molecule has 1 aliphatic carbocycles. The number of hydrogen-bond donors (Lipinski definition) is 0. The van der Waals surface area contributed by atoms with Gasteiger partial charge in [0, 0.05) is 18.7 Å². The number of rotatable bonds is 8. The predicted molar refractivity (Wildman–Crippen MR) is 77.8 cm³/mol. The minimum absolute atomic E-state index is 0.902. The van der Waals surface area contributed by atoms with Crippen molar-refractivity contribution in [3.63, 3.8) is 0 Å². The van der Waals surface area contributed by atoms with Gasteiger partial charge in [-0.25, -0.2) is 0 Å². The lowest BCUT2D eigenvalue weighted by molar-refractivity contribution is 0.250. The van der Waals surface area contributed by atoms with E-state index >= 15 is 0 Å². The van der Waals surface area contributed by atoms with Gasteiger partial charge in [0.25, 0.3) is 0 Å². The van der Waals surface area contributed by atoms with Crippen LogP contribution in [0.2, 0.25) is 0 Å². The highest BCUT2D eigenvalue weighted by Gasteiger charge is 2.24. The molecule has 3 nitrogen and oxygen atoms in total. The van der Waals surface area contributed by atoms with Crippen molar-refractivity contribution < 1.29 is 9.47 Å². The Hall–Kier alpha value is -1.22. The van der Waals surface area contributed by atoms with Crippen LogP contribution in [0.25, 0.3) is 0 Å². The van der Waals surface area contributed by atoms with Gasteiger partial charge >= 0.3 is 0 Å². The van der Waals surface area contributed by atoms with Gasteiger partial charge in [-0.2, -0.15) is 0 Å². The molecule has 0 atom stereocenters. The summed E-state index contributed by atoms with van der Waals surface area (Å²) in [5, 5.41) is 0. The summed E-state index contributed by atoms with van der Waals surface area (Å²) in [7, 11) is 3.44. The van der Waals surface area contributed by atoms with Crippen LogP contribution >= 0.6 is 0 Å². The molecule has 106 valence electrons. The number of benzene rings is 1. The van der Waals surface area contributed by atoms with Crippen molar-refractivity contribution in [1.82, 2.24) is 4.90 Å². The summed E-state index contributed by atoms with van der Waals surface area (Å²) >= 11 is 0. The van der Waals surface area contributed by atoms with Crippen molar-refractivity contribution in [3.05, 3.63) is 23.8 Å². The van der Waals surface area contributed by atoms with Crippen LogP contribution in [-0.4, -0.2) is 32.2 Å². The molecule has 0 aliphatic heterocycles. The highest BCUT2D eigenvalue weighted by atomic mass is 16.5. The van der Waals surface area contributed by atoms with E-state index < -0.39 is 0 Å². The Labute approximate surface area is 116 Å². The maximum absolute atomic E-state index is 5.46. The lowest BCUT2D eigenvalue weighted by atomic mass is 10.1. The summed E-state index contributed by atoms with van der Waals surface area (Å²) in [6.07, 6.45) is 3.99. The normalized spacial score (nSPS) is 14.7. The fourth-order valence-corrected chi connectivity index (χ4v) is 2.46. The molecule has 2 rings (SSSR count). The number of methoxy groups -OCH3 is 2. The molecule has 1 aromatic rings. The Morgan fingerprint density at radius 3 is 2.58 bits per heavy atom. The molecule has 0 bridgehead atoms. The summed E-state index contributed by atoms with van der Waals surface area (Å²) in [4.78, 5) is 2.54. The van der Waals surface area contributed by atoms with E-state index in [9.17, 15) is 0 Å².